The third-order valence-corrected chi connectivity index (χ3v) is 10.6. The molecule has 6 rings (SSSR count). The van der Waals surface area contributed by atoms with Gasteiger partial charge in [0.15, 0.2) is 11.5 Å². The molecular weight excluding hydrogens is 745 g/mol. The Morgan fingerprint density at radius 1 is 0.750 bits per heavy atom. The fourth-order valence-electron chi connectivity index (χ4n) is 5.71. The van der Waals surface area contributed by atoms with Crippen molar-refractivity contribution in [3.63, 3.8) is 0 Å². The molecule has 1 unspecified atom stereocenters. The number of methoxy groups -OCH3 is 3. The quantitative estimate of drug-likeness (QED) is 0.0735. The lowest BCUT2D eigenvalue weighted by Gasteiger charge is -2.18. The van der Waals surface area contributed by atoms with E-state index in [2.05, 4.69) is 22.0 Å². The van der Waals surface area contributed by atoms with Crippen LogP contribution in [0.1, 0.15) is 32.3 Å². The van der Waals surface area contributed by atoms with Crippen molar-refractivity contribution >= 4 is 57.6 Å². The maximum atomic E-state index is 14.0. The summed E-state index contributed by atoms with van der Waals surface area (Å²) >= 11 is 2.59. The average molecular weight is 781 g/mol. The van der Waals surface area contributed by atoms with E-state index in [0.29, 0.717) is 49.5 Å². The molecular formula is C44H36N4O6S2. The standard InChI is InChI=1S/C44H36N4O6S2/c1-52-37-25-39(54-3)38(53-2)23-31(37)22-36(47-41(49)30-18-11-6-12-19-30)42(50)46-32-20-13-21-33(24-32)56-40(29-16-9-5-10-17-29)43(51)48-44-34(26-45)35(27-55-44)28-14-7-4-8-15-28/h4-25,27,40H,1-3H3,(H,46,50)(H,47,49)(H,48,51)/b36-22+. The van der Waals surface area contributed by atoms with Crippen LogP contribution in [0.15, 0.2) is 143 Å². The van der Waals surface area contributed by atoms with Crippen molar-refractivity contribution in [2.24, 2.45) is 0 Å². The van der Waals surface area contributed by atoms with Crippen molar-refractivity contribution in [3.8, 4) is 34.4 Å². The van der Waals surface area contributed by atoms with E-state index >= 15 is 0 Å². The average Bonchev–Trinajstić information content (AvgIpc) is 3.65. The summed E-state index contributed by atoms with van der Waals surface area (Å²) in [5, 5.41) is 20.3. The second kappa shape index (κ2) is 18.5. The SMILES string of the molecule is COc1cc(OC)c(OC)cc1/C=C(/NC(=O)c1ccccc1)C(=O)Nc1cccc(SC(C(=O)Nc2scc(-c3ccccc3)c2C#N)c2ccccc2)c1. The van der Waals surface area contributed by atoms with E-state index in [1.54, 1.807) is 60.7 Å². The van der Waals surface area contributed by atoms with Crippen LogP contribution in [0.3, 0.4) is 0 Å². The number of hydrogen-bond donors (Lipinski definition) is 3. The van der Waals surface area contributed by atoms with Gasteiger partial charge in [-0.05, 0) is 53.6 Å². The van der Waals surface area contributed by atoms with E-state index in [1.807, 2.05) is 72.1 Å². The number of anilines is 2. The number of thiophene rings is 1. The summed E-state index contributed by atoms with van der Waals surface area (Å²) in [4.78, 5) is 42.1. The number of carbonyl (C=O) groups is 3. The molecule has 280 valence electrons. The molecule has 1 heterocycles. The fraction of sp³-hybridized carbons (Fsp3) is 0.0909. The summed E-state index contributed by atoms with van der Waals surface area (Å²) in [5.74, 6) is -0.210. The van der Waals surface area contributed by atoms with Gasteiger partial charge in [-0.2, -0.15) is 5.26 Å². The first-order chi connectivity index (χ1) is 27.3. The number of hydrogen-bond acceptors (Lipinski definition) is 9. The number of thioether (sulfide) groups is 1. The van der Waals surface area contributed by atoms with Crippen LogP contribution < -0.4 is 30.2 Å². The maximum absolute atomic E-state index is 14.0. The number of ether oxygens (including phenoxy) is 3. The molecule has 0 fully saturated rings. The first-order valence-corrected chi connectivity index (χ1v) is 19.0. The van der Waals surface area contributed by atoms with Crippen LogP contribution in [-0.4, -0.2) is 39.1 Å². The van der Waals surface area contributed by atoms with Crippen LogP contribution in [0.5, 0.6) is 17.2 Å². The third kappa shape index (κ3) is 9.27. The molecule has 1 aromatic heterocycles. The molecule has 0 radical (unpaired) electrons. The Kier molecular flexibility index (Phi) is 12.8. The summed E-state index contributed by atoms with van der Waals surface area (Å²) in [5.41, 5.74) is 3.94. The summed E-state index contributed by atoms with van der Waals surface area (Å²) in [6.07, 6.45) is 1.49. The molecule has 0 aliphatic heterocycles. The van der Waals surface area contributed by atoms with E-state index < -0.39 is 17.1 Å². The van der Waals surface area contributed by atoms with E-state index in [1.165, 1.54) is 50.5 Å². The van der Waals surface area contributed by atoms with Gasteiger partial charge >= 0.3 is 0 Å². The highest BCUT2D eigenvalue weighted by atomic mass is 32.2. The molecule has 6 aromatic rings. The van der Waals surface area contributed by atoms with Gasteiger partial charge in [0.25, 0.3) is 11.8 Å². The van der Waals surface area contributed by atoms with Gasteiger partial charge in [0.1, 0.15) is 27.8 Å². The van der Waals surface area contributed by atoms with Gasteiger partial charge in [-0.25, -0.2) is 0 Å². The lowest BCUT2D eigenvalue weighted by Crippen LogP contribution is -2.30. The van der Waals surface area contributed by atoms with Crippen LogP contribution in [0, 0.1) is 11.3 Å². The minimum Gasteiger partial charge on any atom is -0.496 e. The molecule has 0 aliphatic carbocycles. The molecule has 56 heavy (non-hydrogen) atoms. The first-order valence-electron chi connectivity index (χ1n) is 17.2. The minimum atomic E-state index is -0.714. The molecule has 0 bridgehead atoms. The number of rotatable bonds is 14. The molecule has 0 aliphatic rings. The van der Waals surface area contributed by atoms with Crippen LogP contribution in [0.25, 0.3) is 17.2 Å². The van der Waals surface area contributed by atoms with E-state index in [9.17, 15) is 19.6 Å². The predicted molar refractivity (Wildman–Crippen MR) is 221 cm³/mol. The zero-order valence-corrected chi connectivity index (χ0v) is 32.2. The van der Waals surface area contributed by atoms with E-state index in [-0.39, 0.29) is 11.6 Å². The topological polar surface area (TPSA) is 139 Å². The Hall–Kier alpha value is -6.81. The molecule has 0 saturated carbocycles. The van der Waals surface area contributed by atoms with Crippen LogP contribution in [0.2, 0.25) is 0 Å². The van der Waals surface area contributed by atoms with Crippen molar-refractivity contribution in [2.45, 2.75) is 10.1 Å². The van der Waals surface area contributed by atoms with Crippen LogP contribution in [0.4, 0.5) is 10.7 Å². The van der Waals surface area contributed by atoms with Crippen molar-refractivity contribution in [1.82, 2.24) is 5.32 Å². The van der Waals surface area contributed by atoms with Gasteiger partial charge in [0, 0.05) is 38.7 Å². The molecule has 1 atom stereocenters. The van der Waals surface area contributed by atoms with Crippen molar-refractivity contribution < 1.29 is 28.6 Å². The summed E-state index contributed by atoms with van der Waals surface area (Å²) in [7, 11) is 4.48. The zero-order valence-electron chi connectivity index (χ0n) is 30.6. The molecule has 3 amide bonds. The summed E-state index contributed by atoms with van der Waals surface area (Å²) in [6.45, 7) is 0. The zero-order chi connectivity index (χ0) is 39.4. The lowest BCUT2D eigenvalue weighted by molar-refractivity contribution is -0.116. The summed E-state index contributed by atoms with van der Waals surface area (Å²) < 4.78 is 16.5. The van der Waals surface area contributed by atoms with Crippen LogP contribution in [-0.2, 0) is 9.59 Å². The monoisotopic (exact) mass is 780 g/mol. The second-order valence-corrected chi connectivity index (χ2v) is 14.1. The molecule has 3 N–H and O–H groups in total. The van der Waals surface area contributed by atoms with Gasteiger partial charge in [-0.3, -0.25) is 14.4 Å². The number of amides is 3. The van der Waals surface area contributed by atoms with Gasteiger partial charge in [-0.1, -0.05) is 84.9 Å². The third-order valence-electron chi connectivity index (χ3n) is 8.48. The predicted octanol–water partition coefficient (Wildman–Crippen LogP) is 9.19. The van der Waals surface area contributed by atoms with Crippen molar-refractivity contribution in [3.05, 3.63) is 161 Å². The first kappa shape index (κ1) is 38.9. The molecule has 10 nitrogen and oxygen atoms in total. The van der Waals surface area contributed by atoms with Gasteiger partial charge in [0.05, 0.1) is 26.9 Å². The normalized spacial score (nSPS) is 11.4. The number of nitrogens with one attached hydrogen (secondary N) is 3. The van der Waals surface area contributed by atoms with E-state index in [4.69, 9.17) is 14.2 Å². The van der Waals surface area contributed by atoms with Crippen LogP contribution >= 0.6 is 23.1 Å². The second-order valence-electron chi connectivity index (χ2n) is 12.0. The van der Waals surface area contributed by atoms with Gasteiger partial charge in [-0.15, -0.1) is 23.1 Å². The Morgan fingerprint density at radius 3 is 2.05 bits per heavy atom. The maximum Gasteiger partial charge on any atom is 0.272 e. The Labute approximate surface area is 332 Å². The minimum absolute atomic E-state index is 0.0666. The highest BCUT2D eigenvalue weighted by Gasteiger charge is 2.25. The van der Waals surface area contributed by atoms with E-state index in [0.717, 1.165) is 16.7 Å². The highest BCUT2D eigenvalue weighted by Crippen LogP contribution is 2.40. The number of nitriles is 1. The molecule has 5 aromatic carbocycles. The van der Waals surface area contributed by atoms with Gasteiger partial charge in [0.2, 0.25) is 5.91 Å². The number of carbonyl (C=O) groups excluding carboxylic acids is 3. The highest BCUT2D eigenvalue weighted by molar-refractivity contribution is 8.00. The summed E-state index contributed by atoms with van der Waals surface area (Å²) in [6, 6.07) is 40.0. The van der Waals surface area contributed by atoms with Gasteiger partial charge < -0.3 is 30.2 Å². The largest absolute Gasteiger partial charge is 0.496 e. The number of benzene rings is 5. The Bertz CT molecular complexity index is 2410. The van der Waals surface area contributed by atoms with Crippen molar-refractivity contribution in [2.75, 3.05) is 32.0 Å². The number of nitrogens with zero attached hydrogens (tertiary/aromatic N) is 1. The molecule has 0 saturated heterocycles. The Morgan fingerprint density at radius 2 is 1.39 bits per heavy atom. The smallest absolute Gasteiger partial charge is 0.272 e. The van der Waals surface area contributed by atoms with Crippen molar-refractivity contribution in [1.29, 1.82) is 5.26 Å². The Balaban J connectivity index is 1.28. The molecule has 12 heteroatoms. The molecule has 0 spiro atoms. The fourth-order valence-corrected chi connectivity index (χ4v) is 7.72. The lowest BCUT2D eigenvalue weighted by atomic mass is 10.1.